The smallest absolute Gasteiger partial charge is 0.254 e. The highest BCUT2D eigenvalue weighted by Gasteiger charge is 2.34. The number of carbonyl (C=O) groups excluding carboxylic acids is 1. The number of nitrogens with two attached hydrogens (primary N) is 1. The summed E-state index contributed by atoms with van der Waals surface area (Å²) in [6.45, 7) is 2.85. The van der Waals surface area contributed by atoms with Crippen molar-refractivity contribution < 1.29 is 14.6 Å². The van der Waals surface area contributed by atoms with E-state index >= 15 is 0 Å². The Labute approximate surface area is 112 Å². The number of ether oxygens (including phenoxy) is 1. The number of rotatable bonds is 3. The van der Waals surface area contributed by atoms with E-state index in [-0.39, 0.29) is 12.5 Å². The molecule has 1 amide bonds. The zero-order chi connectivity index (χ0) is 13.9. The summed E-state index contributed by atoms with van der Waals surface area (Å²) in [5.41, 5.74) is 7.05. The van der Waals surface area contributed by atoms with Gasteiger partial charge in [0.05, 0.1) is 17.7 Å². The average Bonchev–Trinajstić information content (AvgIpc) is 2.39. The topological polar surface area (TPSA) is 84.6 Å². The van der Waals surface area contributed by atoms with Gasteiger partial charge in [0.1, 0.15) is 0 Å². The van der Waals surface area contributed by atoms with Crippen molar-refractivity contribution in [3.05, 3.63) is 29.3 Å². The van der Waals surface area contributed by atoms with Crippen molar-refractivity contribution in [2.24, 2.45) is 0 Å². The predicted octanol–water partition coefficient (Wildman–Crippen LogP) is 0.849. The van der Waals surface area contributed by atoms with Crippen LogP contribution in [0.15, 0.2) is 18.2 Å². The first-order valence-electron chi connectivity index (χ1n) is 6.44. The fourth-order valence-corrected chi connectivity index (χ4v) is 2.39. The van der Waals surface area contributed by atoms with E-state index in [9.17, 15) is 9.90 Å². The summed E-state index contributed by atoms with van der Waals surface area (Å²) in [5, 5.41) is 12.5. The molecule has 0 radical (unpaired) electrons. The van der Waals surface area contributed by atoms with Crippen LogP contribution in [0, 0.1) is 6.92 Å². The van der Waals surface area contributed by atoms with Crippen LogP contribution in [-0.2, 0) is 4.74 Å². The molecule has 2 rings (SSSR count). The number of hydrogen-bond acceptors (Lipinski definition) is 4. The molecule has 0 spiro atoms. The van der Waals surface area contributed by atoms with Crippen molar-refractivity contribution in [3.63, 3.8) is 0 Å². The lowest BCUT2D eigenvalue weighted by Crippen LogP contribution is -2.54. The Kier molecular flexibility index (Phi) is 4.07. The van der Waals surface area contributed by atoms with Crippen molar-refractivity contribution in [3.8, 4) is 0 Å². The van der Waals surface area contributed by atoms with Crippen molar-refractivity contribution in [2.75, 3.05) is 25.6 Å². The first-order chi connectivity index (χ1) is 9.08. The van der Waals surface area contributed by atoms with Crippen LogP contribution in [0.1, 0.15) is 28.8 Å². The molecule has 1 aromatic rings. The highest BCUT2D eigenvalue weighted by atomic mass is 16.5. The normalized spacial score (nSPS) is 18.0. The molecule has 0 unspecified atom stereocenters. The van der Waals surface area contributed by atoms with E-state index < -0.39 is 5.54 Å². The summed E-state index contributed by atoms with van der Waals surface area (Å²) in [7, 11) is 0. The largest absolute Gasteiger partial charge is 0.398 e. The highest BCUT2D eigenvalue weighted by Crippen LogP contribution is 2.23. The van der Waals surface area contributed by atoms with Crippen LogP contribution in [0.25, 0.3) is 0 Å². The number of amides is 1. The fraction of sp³-hybridized carbons (Fsp3) is 0.500. The minimum atomic E-state index is -0.593. The Hall–Kier alpha value is -1.59. The molecule has 4 N–H and O–H groups in total. The maximum Gasteiger partial charge on any atom is 0.254 e. The molecule has 104 valence electrons. The van der Waals surface area contributed by atoms with Gasteiger partial charge in [-0.2, -0.15) is 0 Å². The molecule has 0 atom stereocenters. The number of nitrogen functional groups attached to an aromatic ring is 1. The van der Waals surface area contributed by atoms with Gasteiger partial charge >= 0.3 is 0 Å². The molecule has 1 aromatic carbocycles. The fourth-order valence-electron chi connectivity index (χ4n) is 2.39. The van der Waals surface area contributed by atoms with E-state index in [2.05, 4.69) is 5.32 Å². The molecule has 0 aliphatic carbocycles. The zero-order valence-electron chi connectivity index (χ0n) is 11.1. The minimum Gasteiger partial charge on any atom is -0.398 e. The summed E-state index contributed by atoms with van der Waals surface area (Å²) in [6.07, 6.45) is 1.22. The van der Waals surface area contributed by atoms with E-state index in [1.54, 1.807) is 6.07 Å². The second kappa shape index (κ2) is 5.59. The number of hydrogen-bond donors (Lipinski definition) is 3. The molecular formula is C14H20N2O3. The third kappa shape index (κ3) is 2.88. The summed E-state index contributed by atoms with van der Waals surface area (Å²) in [4.78, 5) is 12.4. The standard InChI is InChI=1S/C14H20N2O3/c1-10-3-2-4-11(15)12(10)13(18)16-14(9-17)5-7-19-8-6-14/h2-4,17H,5-9,15H2,1H3,(H,16,18). The molecule has 5 heteroatoms. The Morgan fingerprint density at radius 3 is 2.74 bits per heavy atom. The minimum absolute atomic E-state index is 0.0894. The number of benzene rings is 1. The van der Waals surface area contributed by atoms with E-state index in [0.29, 0.717) is 37.3 Å². The molecule has 0 bridgehead atoms. The van der Waals surface area contributed by atoms with E-state index in [1.807, 2.05) is 19.1 Å². The van der Waals surface area contributed by atoms with Gasteiger partial charge in [0.2, 0.25) is 0 Å². The molecule has 0 saturated carbocycles. The first-order valence-corrected chi connectivity index (χ1v) is 6.44. The number of aryl methyl sites for hydroxylation is 1. The van der Waals surface area contributed by atoms with Crippen molar-refractivity contribution in [2.45, 2.75) is 25.3 Å². The number of nitrogens with one attached hydrogen (secondary N) is 1. The number of carbonyl (C=O) groups is 1. The van der Waals surface area contributed by atoms with Gasteiger partial charge in [-0.25, -0.2) is 0 Å². The molecule has 5 nitrogen and oxygen atoms in total. The van der Waals surface area contributed by atoms with Crippen LogP contribution in [0.3, 0.4) is 0 Å². The van der Waals surface area contributed by atoms with Crippen LogP contribution >= 0.6 is 0 Å². The SMILES string of the molecule is Cc1cccc(N)c1C(=O)NC1(CO)CCOCC1. The van der Waals surface area contributed by atoms with Crippen molar-refractivity contribution in [1.29, 1.82) is 0 Å². The molecule has 1 fully saturated rings. The average molecular weight is 264 g/mol. The van der Waals surface area contributed by atoms with Crippen molar-refractivity contribution >= 4 is 11.6 Å². The van der Waals surface area contributed by atoms with Crippen LogP contribution in [0.5, 0.6) is 0 Å². The Morgan fingerprint density at radius 2 is 2.16 bits per heavy atom. The van der Waals surface area contributed by atoms with Gasteiger partial charge in [-0.15, -0.1) is 0 Å². The first kappa shape index (κ1) is 13.8. The van der Waals surface area contributed by atoms with Crippen LogP contribution in [0.4, 0.5) is 5.69 Å². The van der Waals surface area contributed by atoms with Crippen molar-refractivity contribution in [1.82, 2.24) is 5.32 Å². The second-order valence-corrected chi connectivity index (χ2v) is 5.04. The van der Waals surface area contributed by atoms with E-state index in [1.165, 1.54) is 0 Å². The highest BCUT2D eigenvalue weighted by molar-refractivity contribution is 6.00. The summed E-state index contributed by atoms with van der Waals surface area (Å²) in [5.74, 6) is -0.230. The lowest BCUT2D eigenvalue weighted by Gasteiger charge is -2.36. The Morgan fingerprint density at radius 1 is 1.47 bits per heavy atom. The van der Waals surface area contributed by atoms with Gasteiger partial charge < -0.3 is 20.9 Å². The molecule has 1 aliphatic heterocycles. The van der Waals surface area contributed by atoms with Crippen LogP contribution in [0.2, 0.25) is 0 Å². The molecule has 0 aromatic heterocycles. The van der Waals surface area contributed by atoms with Crippen LogP contribution < -0.4 is 11.1 Å². The van der Waals surface area contributed by atoms with E-state index in [4.69, 9.17) is 10.5 Å². The monoisotopic (exact) mass is 264 g/mol. The third-order valence-corrected chi connectivity index (χ3v) is 3.66. The molecule has 1 saturated heterocycles. The lowest BCUT2D eigenvalue weighted by atomic mass is 9.90. The number of aliphatic hydroxyl groups is 1. The summed E-state index contributed by atoms with van der Waals surface area (Å²) >= 11 is 0. The lowest BCUT2D eigenvalue weighted by molar-refractivity contribution is 0.0125. The molecule has 1 heterocycles. The third-order valence-electron chi connectivity index (χ3n) is 3.66. The van der Waals surface area contributed by atoms with Gasteiger partial charge in [0.15, 0.2) is 0 Å². The van der Waals surface area contributed by atoms with Gasteiger partial charge in [-0.3, -0.25) is 4.79 Å². The second-order valence-electron chi connectivity index (χ2n) is 5.04. The van der Waals surface area contributed by atoms with Gasteiger partial charge in [-0.1, -0.05) is 12.1 Å². The number of anilines is 1. The Bertz CT molecular complexity index is 448. The summed E-state index contributed by atoms with van der Waals surface area (Å²) in [6, 6.07) is 5.37. The molecule has 19 heavy (non-hydrogen) atoms. The van der Waals surface area contributed by atoms with Crippen LogP contribution in [-0.4, -0.2) is 36.4 Å². The zero-order valence-corrected chi connectivity index (χ0v) is 11.1. The van der Waals surface area contributed by atoms with Gasteiger partial charge in [-0.05, 0) is 31.4 Å². The summed E-state index contributed by atoms with van der Waals surface area (Å²) < 4.78 is 5.27. The maximum absolute atomic E-state index is 12.4. The van der Waals surface area contributed by atoms with Gasteiger partial charge in [0.25, 0.3) is 5.91 Å². The molecule has 1 aliphatic rings. The Balaban J connectivity index is 2.20. The molecular weight excluding hydrogens is 244 g/mol. The number of aliphatic hydroxyl groups excluding tert-OH is 1. The van der Waals surface area contributed by atoms with E-state index in [0.717, 1.165) is 5.56 Å². The maximum atomic E-state index is 12.4. The predicted molar refractivity (Wildman–Crippen MR) is 72.9 cm³/mol. The quantitative estimate of drug-likeness (QED) is 0.707. The van der Waals surface area contributed by atoms with Gasteiger partial charge in [0, 0.05) is 18.9 Å².